The summed E-state index contributed by atoms with van der Waals surface area (Å²) in [7, 11) is 1.81. The minimum absolute atomic E-state index is 0.0997. The molecule has 1 aliphatic rings. The van der Waals surface area contributed by atoms with Crippen LogP contribution in [0.15, 0.2) is 18.3 Å². The topological polar surface area (TPSA) is 45.2 Å². The van der Waals surface area contributed by atoms with E-state index >= 15 is 0 Å². The average molecular weight is 205 g/mol. The molecule has 15 heavy (non-hydrogen) atoms. The Bertz CT molecular complexity index is 341. The number of hydrogen-bond acceptors (Lipinski definition) is 3. The van der Waals surface area contributed by atoms with Crippen molar-refractivity contribution in [3.05, 3.63) is 23.9 Å². The van der Waals surface area contributed by atoms with Crippen LogP contribution in [0.25, 0.3) is 0 Å². The molecule has 2 heterocycles. The lowest BCUT2D eigenvalue weighted by Gasteiger charge is -2.14. The summed E-state index contributed by atoms with van der Waals surface area (Å²) < 4.78 is 0. The van der Waals surface area contributed by atoms with Crippen LogP contribution in [0.1, 0.15) is 23.2 Å². The molecule has 1 aromatic rings. The molecule has 1 amide bonds. The van der Waals surface area contributed by atoms with Crippen molar-refractivity contribution in [2.45, 2.75) is 12.8 Å². The Morgan fingerprint density at radius 2 is 2.13 bits per heavy atom. The number of hydrogen-bond donors (Lipinski definition) is 1. The number of anilines is 1. The van der Waals surface area contributed by atoms with E-state index in [2.05, 4.69) is 10.3 Å². The summed E-state index contributed by atoms with van der Waals surface area (Å²) in [5.74, 6) is 0.885. The van der Waals surface area contributed by atoms with Crippen molar-refractivity contribution in [2.24, 2.45) is 0 Å². The van der Waals surface area contributed by atoms with Crippen LogP contribution in [0.5, 0.6) is 0 Å². The van der Waals surface area contributed by atoms with Crippen LogP contribution in [0.2, 0.25) is 0 Å². The van der Waals surface area contributed by atoms with Gasteiger partial charge in [0.25, 0.3) is 5.91 Å². The maximum absolute atomic E-state index is 11.9. The van der Waals surface area contributed by atoms with Gasteiger partial charge < -0.3 is 10.2 Å². The highest BCUT2D eigenvalue weighted by Crippen LogP contribution is 2.13. The van der Waals surface area contributed by atoms with Gasteiger partial charge in [-0.1, -0.05) is 0 Å². The van der Waals surface area contributed by atoms with Crippen LogP contribution in [0.4, 0.5) is 5.82 Å². The largest absolute Gasteiger partial charge is 0.373 e. The summed E-state index contributed by atoms with van der Waals surface area (Å²) in [6.07, 6.45) is 3.87. The van der Waals surface area contributed by atoms with E-state index in [1.807, 2.05) is 24.1 Å². The Morgan fingerprint density at radius 3 is 2.67 bits per heavy atom. The van der Waals surface area contributed by atoms with Gasteiger partial charge in [-0.15, -0.1) is 0 Å². The molecule has 1 aromatic heterocycles. The Hall–Kier alpha value is -1.58. The van der Waals surface area contributed by atoms with Crippen molar-refractivity contribution >= 4 is 11.7 Å². The zero-order valence-corrected chi connectivity index (χ0v) is 8.86. The van der Waals surface area contributed by atoms with Gasteiger partial charge in [-0.2, -0.15) is 0 Å². The molecule has 4 heteroatoms. The number of amides is 1. The number of carbonyl (C=O) groups excluding carboxylic acids is 1. The summed E-state index contributed by atoms with van der Waals surface area (Å²) in [5.41, 5.74) is 0.677. The van der Waals surface area contributed by atoms with E-state index in [4.69, 9.17) is 0 Å². The molecule has 0 aromatic carbocycles. The average Bonchev–Trinajstić information content (AvgIpc) is 2.82. The Morgan fingerprint density at radius 1 is 1.40 bits per heavy atom. The lowest BCUT2D eigenvalue weighted by atomic mass is 10.2. The molecule has 0 bridgehead atoms. The van der Waals surface area contributed by atoms with Crippen molar-refractivity contribution < 1.29 is 4.79 Å². The van der Waals surface area contributed by atoms with Gasteiger partial charge in [0.2, 0.25) is 0 Å². The third-order valence-corrected chi connectivity index (χ3v) is 2.66. The molecule has 2 rings (SSSR count). The molecule has 0 spiro atoms. The van der Waals surface area contributed by atoms with Crippen LogP contribution >= 0.6 is 0 Å². The molecule has 0 saturated carbocycles. The number of aromatic nitrogens is 1. The molecular weight excluding hydrogens is 190 g/mol. The van der Waals surface area contributed by atoms with Gasteiger partial charge in [-0.05, 0) is 25.0 Å². The van der Waals surface area contributed by atoms with Crippen LogP contribution in [-0.4, -0.2) is 35.9 Å². The minimum atomic E-state index is 0.0997. The molecule has 1 fully saturated rings. The molecule has 1 aliphatic heterocycles. The second kappa shape index (κ2) is 4.29. The second-order valence-corrected chi connectivity index (χ2v) is 3.68. The number of rotatable bonds is 2. The van der Waals surface area contributed by atoms with Crippen molar-refractivity contribution in [3.8, 4) is 0 Å². The van der Waals surface area contributed by atoms with Gasteiger partial charge >= 0.3 is 0 Å². The van der Waals surface area contributed by atoms with Crippen LogP contribution in [0.3, 0.4) is 0 Å². The number of likely N-dealkylation sites (tertiary alicyclic amines) is 1. The van der Waals surface area contributed by atoms with E-state index in [9.17, 15) is 4.79 Å². The lowest BCUT2D eigenvalue weighted by Crippen LogP contribution is -2.27. The summed E-state index contributed by atoms with van der Waals surface area (Å²) >= 11 is 0. The number of pyridine rings is 1. The first-order valence-electron chi connectivity index (χ1n) is 5.24. The summed E-state index contributed by atoms with van der Waals surface area (Å²) in [4.78, 5) is 17.9. The zero-order chi connectivity index (χ0) is 10.7. The fraction of sp³-hybridized carbons (Fsp3) is 0.455. The van der Waals surface area contributed by atoms with Gasteiger partial charge in [-0.25, -0.2) is 4.98 Å². The lowest BCUT2D eigenvalue weighted by molar-refractivity contribution is 0.0792. The highest BCUT2D eigenvalue weighted by Gasteiger charge is 2.19. The van der Waals surface area contributed by atoms with Gasteiger partial charge in [-0.3, -0.25) is 4.79 Å². The second-order valence-electron chi connectivity index (χ2n) is 3.68. The van der Waals surface area contributed by atoms with Gasteiger partial charge in [0.1, 0.15) is 5.82 Å². The van der Waals surface area contributed by atoms with Crippen LogP contribution in [-0.2, 0) is 0 Å². The van der Waals surface area contributed by atoms with E-state index < -0.39 is 0 Å². The zero-order valence-electron chi connectivity index (χ0n) is 8.86. The quantitative estimate of drug-likeness (QED) is 0.793. The highest BCUT2D eigenvalue weighted by atomic mass is 16.2. The monoisotopic (exact) mass is 205 g/mol. The van der Waals surface area contributed by atoms with Gasteiger partial charge in [0.15, 0.2) is 0 Å². The molecule has 1 saturated heterocycles. The van der Waals surface area contributed by atoms with Gasteiger partial charge in [0, 0.05) is 26.3 Å². The third kappa shape index (κ3) is 2.09. The van der Waals surface area contributed by atoms with Crippen molar-refractivity contribution in [3.63, 3.8) is 0 Å². The summed E-state index contributed by atoms with van der Waals surface area (Å²) in [6.45, 7) is 1.76. The Kier molecular flexibility index (Phi) is 2.85. The summed E-state index contributed by atoms with van der Waals surface area (Å²) in [5, 5.41) is 2.93. The minimum Gasteiger partial charge on any atom is -0.373 e. The fourth-order valence-corrected chi connectivity index (χ4v) is 1.77. The van der Waals surface area contributed by atoms with E-state index in [-0.39, 0.29) is 5.91 Å². The van der Waals surface area contributed by atoms with E-state index in [0.717, 1.165) is 31.7 Å². The first-order chi connectivity index (χ1) is 7.31. The highest BCUT2D eigenvalue weighted by molar-refractivity contribution is 5.94. The molecular formula is C11H15N3O. The van der Waals surface area contributed by atoms with Crippen LogP contribution in [0, 0.1) is 0 Å². The molecule has 0 radical (unpaired) electrons. The maximum Gasteiger partial charge on any atom is 0.255 e. The molecule has 0 aliphatic carbocycles. The Labute approximate surface area is 89.3 Å². The normalized spacial score (nSPS) is 15.4. The fourth-order valence-electron chi connectivity index (χ4n) is 1.77. The van der Waals surface area contributed by atoms with E-state index in [1.165, 1.54) is 0 Å². The van der Waals surface area contributed by atoms with Crippen LogP contribution < -0.4 is 5.32 Å². The Balaban J connectivity index is 2.11. The first kappa shape index (κ1) is 9.96. The third-order valence-electron chi connectivity index (χ3n) is 2.66. The van der Waals surface area contributed by atoms with E-state index in [0.29, 0.717) is 5.56 Å². The number of nitrogens with zero attached hydrogens (tertiary/aromatic N) is 2. The molecule has 0 atom stereocenters. The van der Waals surface area contributed by atoms with Crippen molar-refractivity contribution in [2.75, 3.05) is 25.5 Å². The number of carbonyl (C=O) groups is 1. The molecule has 1 N–H and O–H groups in total. The summed E-state index contributed by atoms with van der Waals surface area (Å²) in [6, 6.07) is 3.64. The number of nitrogens with one attached hydrogen (secondary N) is 1. The SMILES string of the molecule is CNc1ccc(C(=O)N2CCCC2)cn1. The maximum atomic E-state index is 11.9. The predicted molar refractivity (Wildman–Crippen MR) is 58.9 cm³/mol. The van der Waals surface area contributed by atoms with E-state index in [1.54, 1.807) is 6.20 Å². The smallest absolute Gasteiger partial charge is 0.255 e. The first-order valence-corrected chi connectivity index (χ1v) is 5.24. The molecule has 4 nitrogen and oxygen atoms in total. The van der Waals surface area contributed by atoms with Gasteiger partial charge in [0.05, 0.1) is 5.56 Å². The van der Waals surface area contributed by atoms with Crippen molar-refractivity contribution in [1.29, 1.82) is 0 Å². The standard InChI is InChI=1S/C11H15N3O/c1-12-10-5-4-9(8-13-10)11(15)14-6-2-3-7-14/h4-5,8H,2-3,6-7H2,1H3,(H,12,13). The predicted octanol–water partition coefficient (Wildman–Crippen LogP) is 1.36. The molecule has 80 valence electrons. The molecule has 0 unspecified atom stereocenters. The van der Waals surface area contributed by atoms with Crippen molar-refractivity contribution in [1.82, 2.24) is 9.88 Å².